The van der Waals surface area contributed by atoms with E-state index in [2.05, 4.69) is 48.0 Å². The van der Waals surface area contributed by atoms with Crippen molar-refractivity contribution in [2.75, 3.05) is 0 Å². The number of nitrogens with zero attached hydrogens (tertiary/aromatic N) is 1. The van der Waals surface area contributed by atoms with Gasteiger partial charge in [0.2, 0.25) is 0 Å². The minimum atomic E-state index is 0.505. The van der Waals surface area contributed by atoms with E-state index in [1.54, 1.807) is 12.1 Å². The van der Waals surface area contributed by atoms with Gasteiger partial charge in [-0.05, 0) is 41.8 Å². The fraction of sp³-hybridized carbons (Fsp3) is 0.188. The molecule has 2 aromatic carbocycles. The Morgan fingerprint density at radius 1 is 1.05 bits per heavy atom. The Labute approximate surface area is 121 Å². The van der Waals surface area contributed by atoms with Gasteiger partial charge in [-0.15, -0.1) is 0 Å². The fourth-order valence-corrected chi connectivity index (χ4v) is 2.22. The molecule has 0 bridgehead atoms. The Balaban J connectivity index is 2.21. The van der Waals surface area contributed by atoms with Crippen LogP contribution in [0.25, 0.3) is 0 Å². The van der Waals surface area contributed by atoms with Crippen LogP contribution in [-0.2, 0) is 0 Å². The van der Waals surface area contributed by atoms with Crippen LogP contribution in [0.3, 0.4) is 0 Å². The summed E-state index contributed by atoms with van der Waals surface area (Å²) in [5, 5.41) is 8.92. The third kappa shape index (κ3) is 3.59. The van der Waals surface area contributed by atoms with E-state index >= 15 is 0 Å². The van der Waals surface area contributed by atoms with Gasteiger partial charge >= 0.3 is 0 Å². The van der Waals surface area contributed by atoms with Crippen LogP contribution in [-0.4, -0.2) is 0 Å². The molecule has 0 aliphatic carbocycles. The zero-order valence-corrected chi connectivity index (χ0v) is 12.4. The van der Waals surface area contributed by atoms with Crippen molar-refractivity contribution >= 4 is 15.9 Å². The molecule has 96 valence electrons. The first kappa shape index (κ1) is 13.6. The second-order valence-corrected chi connectivity index (χ2v) is 5.53. The number of hydrogen-bond acceptors (Lipinski definition) is 2. The van der Waals surface area contributed by atoms with E-state index in [-0.39, 0.29) is 0 Å². The van der Waals surface area contributed by atoms with Crippen LogP contribution in [0.1, 0.15) is 30.9 Å². The van der Waals surface area contributed by atoms with Gasteiger partial charge in [0, 0.05) is 4.47 Å². The van der Waals surface area contributed by atoms with Gasteiger partial charge in [0.15, 0.2) is 0 Å². The molecule has 0 aliphatic heterocycles. The topological polar surface area (TPSA) is 33.0 Å². The van der Waals surface area contributed by atoms with Crippen LogP contribution in [0, 0.1) is 11.3 Å². The minimum absolute atomic E-state index is 0.505. The summed E-state index contributed by atoms with van der Waals surface area (Å²) >= 11 is 3.37. The maximum absolute atomic E-state index is 8.92. The van der Waals surface area contributed by atoms with E-state index in [9.17, 15) is 0 Å². The molecule has 0 heterocycles. The van der Waals surface area contributed by atoms with Crippen molar-refractivity contribution < 1.29 is 4.74 Å². The molecule has 19 heavy (non-hydrogen) atoms. The lowest BCUT2D eigenvalue weighted by molar-refractivity contribution is 0.482. The molecular weight excluding hydrogens is 302 g/mol. The molecule has 0 saturated carbocycles. The molecule has 0 saturated heterocycles. The van der Waals surface area contributed by atoms with E-state index in [1.807, 2.05) is 18.2 Å². The van der Waals surface area contributed by atoms with Gasteiger partial charge in [-0.1, -0.05) is 41.9 Å². The SMILES string of the molecule is CC(C)c1ccc(Oc2cc(Br)cc(C#N)c2)cc1. The van der Waals surface area contributed by atoms with Gasteiger partial charge in [-0.3, -0.25) is 0 Å². The third-order valence-corrected chi connectivity index (χ3v) is 3.24. The summed E-state index contributed by atoms with van der Waals surface area (Å²) in [7, 11) is 0. The lowest BCUT2D eigenvalue weighted by Crippen LogP contribution is -1.89. The van der Waals surface area contributed by atoms with Crippen molar-refractivity contribution in [2.24, 2.45) is 0 Å². The van der Waals surface area contributed by atoms with Gasteiger partial charge in [0.25, 0.3) is 0 Å². The van der Waals surface area contributed by atoms with Gasteiger partial charge < -0.3 is 4.74 Å². The van der Waals surface area contributed by atoms with Crippen molar-refractivity contribution in [2.45, 2.75) is 19.8 Å². The highest BCUT2D eigenvalue weighted by atomic mass is 79.9. The lowest BCUT2D eigenvalue weighted by Gasteiger charge is -2.09. The number of rotatable bonds is 3. The number of hydrogen-bond donors (Lipinski definition) is 0. The molecule has 0 fully saturated rings. The second kappa shape index (κ2) is 5.90. The van der Waals surface area contributed by atoms with Gasteiger partial charge in [0.1, 0.15) is 11.5 Å². The first-order valence-corrected chi connectivity index (χ1v) is 6.86. The standard InChI is InChI=1S/C16H14BrNO/c1-11(2)13-3-5-15(6-4-13)19-16-8-12(10-18)7-14(17)9-16/h3-9,11H,1-2H3. The zero-order chi connectivity index (χ0) is 13.8. The number of halogens is 1. The average Bonchev–Trinajstić information content (AvgIpc) is 2.38. The summed E-state index contributed by atoms with van der Waals surface area (Å²) in [6, 6.07) is 15.4. The molecule has 0 atom stereocenters. The maximum atomic E-state index is 8.92. The van der Waals surface area contributed by atoms with Crippen LogP contribution < -0.4 is 4.74 Å². The highest BCUT2D eigenvalue weighted by molar-refractivity contribution is 9.10. The Morgan fingerprint density at radius 2 is 1.74 bits per heavy atom. The summed E-state index contributed by atoms with van der Waals surface area (Å²) in [5.74, 6) is 1.93. The van der Waals surface area contributed by atoms with Gasteiger partial charge in [-0.25, -0.2) is 0 Å². The molecule has 3 heteroatoms. The molecule has 0 radical (unpaired) electrons. The molecule has 2 nitrogen and oxygen atoms in total. The number of benzene rings is 2. The zero-order valence-electron chi connectivity index (χ0n) is 10.9. The Bertz CT molecular complexity index is 612. The molecular formula is C16H14BrNO. The Morgan fingerprint density at radius 3 is 2.32 bits per heavy atom. The van der Waals surface area contributed by atoms with Crippen LogP contribution >= 0.6 is 15.9 Å². The fourth-order valence-electron chi connectivity index (χ4n) is 1.74. The summed E-state index contributed by atoms with van der Waals surface area (Å²) in [6.45, 7) is 4.31. The van der Waals surface area contributed by atoms with Crippen molar-refractivity contribution in [3.05, 3.63) is 58.1 Å². The maximum Gasteiger partial charge on any atom is 0.129 e. The van der Waals surface area contributed by atoms with E-state index in [4.69, 9.17) is 10.00 Å². The first-order chi connectivity index (χ1) is 9.08. The Kier molecular flexibility index (Phi) is 4.24. The monoisotopic (exact) mass is 315 g/mol. The molecule has 2 rings (SSSR count). The molecule has 0 amide bonds. The van der Waals surface area contributed by atoms with E-state index in [0.29, 0.717) is 17.2 Å². The smallest absolute Gasteiger partial charge is 0.129 e. The summed E-state index contributed by atoms with van der Waals surface area (Å²) < 4.78 is 6.59. The van der Waals surface area contributed by atoms with Crippen LogP contribution in [0.15, 0.2) is 46.9 Å². The number of nitriles is 1. The third-order valence-electron chi connectivity index (χ3n) is 2.78. The highest BCUT2D eigenvalue weighted by Gasteiger charge is 2.03. The summed E-state index contributed by atoms with van der Waals surface area (Å²) in [5.41, 5.74) is 1.85. The van der Waals surface area contributed by atoms with Crippen molar-refractivity contribution in [1.29, 1.82) is 5.26 Å². The van der Waals surface area contributed by atoms with Crippen molar-refractivity contribution in [3.8, 4) is 17.6 Å². The van der Waals surface area contributed by atoms with Crippen molar-refractivity contribution in [1.82, 2.24) is 0 Å². The largest absolute Gasteiger partial charge is 0.457 e. The molecule has 0 aliphatic rings. The normalized spacial score (nSPS) is 10.3. The summed E-state index contributed by atoms with van der Waals surface area (Å²) in [4.78, 5) is 0. The average molecular weight is 316 g/mol. The van der Waals surface area contributed by atoms with E-state index in [1.165, 1.54) is 5.56 Å². The Hall–Kier alpha value is -1.79. The molecule has 0 unspecified atom stereocenters. The molecule has 0 spiro atoms. The predicted molar refractivity (Wildman–Crippen MR) is 79.5 cm³/mol. The highest BCUT2D eigenvalue weighted by Crippen LogP contribution is 2.27. The molecule has 2 aromatic rings. The summed E-state index contributed by atoms with van der Waals surface area (Å²) in [6.07, 6.45) is 0. The second-order valence-electron chi connectivity index (χ2n) is 4.61. The van der Waals surface area contributed by atoms with Crippen LogP contribution in [0.5, 0.6) is 11.5 Å². The molecule has 0 N–H and O–H groups in total. The van der Waals surface area contributed by atoms with E-state index < -0.39 is 0 Å². The minimum Gasteiger partial charge on any atom is -0.457 e. The van der Waals surface area contributed by atoms with Gasteiger partial charge in [0.05, 0.1) is 11.6 Å². The first-order valence-electron chi connectivity index (χ1n) is 6.07. The lowest BCUT2D eigenvalue weighted by atomic mass is 10.0. The van der Waals surface area contributed by atoms with E-state index in [0.717, 1.165) is 10.2 Å². The molecule has 0 aromatic heterocycles. The van der Waals surface area contributed by atoms with Crippen molar-refractivity contribution in [3.63, 3.8) is 0 Å². The van der Waals surface area contributed by atoms with Gasteiger partial charge in [-0.2, -0.15) is 5.26 Å². The predicted octanol–water partition coefficient (Wildman–Crippen LogP) is 5.24. The van der Waals surface area contributed by atoms with Crippen LogP contribution in [0.2, 0.25) is 0 Å². The van der Waals surface area contributed by atoms with Crippen LogP contribution in [0.4, 0.5) is 0 Å². The number of ether oxygens (including phenoxy) is 1. The quantitative estimate of drug-likeness (QED) is 0.776.